The number of aliphatic hydroxyl groups excluding tert-OH is 1. The lowest BCUT2D eigenvalue weighted by Crippen LogP contribution is -2.36. The molecular weight excluding hydrogens is 240 g/mol. The lowest BCUT2D eigenvalue weighted by Gasteiger charge is -2.33. The highest BCUT2D eigenvalue weighted by atomic mass is 16.3. The highest BCUT2D eigenvalue weighted by Gasteiger charge is 2.20. The minimum absolute atomic E-state index is 0.283. The van der Waals surface area contributed by atoms with E-state index in [1.54, 1.807) is 6.33 Å². The maximum Gasteiger partial charge on any atom is 0.134 e. The molecule has 1 aliphatic heterocycles. The summed E-state index contributed by atoms with van der Waals surface area (Å²) >= 11 is 0. The third-order valence-electron chi connectivity index (χ3n) is 3.59. The third-order valence-corrected chi connectivity index (χ3v) is 3.59. The number of nitrogens with one attached hydrogen (secondary N) is 1. The maximum atomic E-state index is 9.06. The van der Waals surface area contributed by atoms with Gasteiger partial charge in [0.2, 0.25) is 0 Å². The molecule has 1 saturated heterocycles. The Balaban J connectivity index is 1.99. The van der Waals surface area contributed by atoms with Crippen LogP contribution in [-0.4, -0.2) is 41.3 Å². The molecule has 0 radical (unpaired) electrons. The van der Waals surface area contributed by atoms with Crippen LogP contribution in [0.5, 0.6) is 0 Å². The maximum absolute atomic E-state index is 9.06. The summed E-state index contributed by atoms with van der Waals surface area (Å²) in [5.74, 6) is 2.48. The van der Waals surface area contributed by atoms with E-state index in [4.69, 9.17) is 5.11 Å². The van der Waals surface area contributed by atoms with Gasteiger partial charge in [-0.25, -0.2) is 9.97 Å². The molecule has 0 bridgehead atoms. The van der Waals surface area contributed by atoms with Gasteiger partial charge < -0.3 is 15.3 Å². The number of rotatable bonds is 6. The highest BCUT2D eigenvalue weighted by Crippen LogP contribution is 2.24. The molecular formula is C14H24N4O. The zero-order valence-electron chi connectivity index (χ0n) is 11.7. The van der Waals surface area contributed by atoms with Gasteiger partial charge in [0.25, 0.3) is 0 Å². The molecule has 1 atom stereocenters. The van der Waals surface area contributed by atoms with E-state index in [1.165, 1.54) is 12.8 Å². The average Bonchev–Trinajstić information content (AvgIpc) is 2.46. The number of aliphatic hydroxyl groups is 1. The normalized spacial score (nSPS) is 19.5. The Morgan fingerprint density at radius 3 is 3.16 bits per heavy atom. The second-order valence-electron chi connectivity index (χ2n) is 5.15. The summed E-state index contributed by atoms with van der Waals surface area (Å²) in [6.07, 6.45) is 5.99. The van der Waals surface area contributed by atoms with Crippen LogP contribution < -0.4 is 10.2 Å². The van der Waals surface area contributed by atoms with Crippen molar-refractivity contribution in [2.24, 2.45) is 5.92 Å². The molecule has 0 saturated carbocycles. The van der Waals surface area contributed by atoms with Gasteiger partial charge in [0.05, 0.1) is 0 Å². The van der Waals surface area contributed by atoms with Crippen molar-refractivity contribution in [3.05, 3.63) is 12.4 Å². The van der Waals surface area contributed by atoms with E-state index in [0.717, 1.165) is 44.1 Å². The van der Waals surface area contributed by atoms with E-state index >= 15 is 0 Å². The second-order valence-corrected chi connectivity index (χ2v) is 5.15. The summed E-state index contributed by atoms with van der Waals surface area (Å²) in [6, 6.07) is 2.02. The molecule has 0 spiro atoms. The smallest absolute Gasteiger partial charge is 0.134 e. The molecule has 0 aromatic carbocycles. The van der Waals surface area contributed by atoms with Crippen LogP contribution in [0.3, 0.4) is 0 Å². The van der Waals surface area contributed by atoms with E-state index in [0.29, 0.717) is 5.92 Å². The van der Waals surface area contributed by atoms with Crippen molar-refractivity contribution >= 4 is 11.6 Å². The van der Waals surface area contributed by atoms with Gasteiger partial charge in [-0.3, -0.25) is 0 Å². The van der Waals surface area contributed by atoms with Crippen molar-refractivity contribution in [1.29, 1.82) is 0 Å². The van der Waals surface area contributed by atoms with Crippen LogP contribution in [0.15, 0.2) is 12.4 Å². The zero-order chi connectivity index (χ0) is 13.5. The van der Waals surface area contributed by atoms with Crippen molar-refractivity contribution in [2.75, 3.05) is 36.5 Å². The third kappa shape index (κ3) is 4.06. The average molecular weight is 264 g/mol. The Kier molecular flexibility index (Phi) is 5.39. The van der Waals surface area contributed by atoms with Crippen LogP contribution in [0.1, 0.15) is 32.6 Å². The summed E-state index contributed by atoms with van der Waals surface area (Å²) in [7, 11) is 0. The van der Waals surface area contributed by atoms with E-state index in [2.05, 4.69) is 27.1 Å². The Hall–Kier alpha value is -1.36. The number of nitrogens with zero attached hydrogens (tertiary/aromatic N) is 3. The van der Waals surface area contributed by atoms with Crippen molar-refractivity contribution in [2.45, 2.75) is 32.6 Å². The van der Waals surface area contributed by atoms with Crippen molar-refractivity contribution < 1.29 is 5.11 Å². The predicted octanol–water partition coefficient (Wildman–Crippen LogP) is 1.90. The van der Waals surface area contributed by atoms with Gasteiger partial charge in [-0.05, 0) is 31.6 Å². The standard InChI is InChI=1S/C14H24N4O/c1-2-6-15-13-9-14(17-11-16-13)18-7-3-4-12(10-18)5-8-19/h9,11-12,19H,2-8,10H2,1H3,(H,15,16,17). The molecule has 1 fully saturated rings. The SMILES string of the molecule is CCCNc1cc(N2CCCC(CCO)C2)ncn1. The first kappa shape index (κ1) is 14.1. The second kappa shape index (κ2) is 7.28. The lowest BCUT2D eigenvalue weighted by atomic mass is 9.95. The molecule has 5 nitrogen and oxygen atoms in total. The summed E-state index contributed by atoms with van der Waals surface area (Å²) in [5.41, 5.74) is 0. The molecule has 5 heteroatoms. The van der Waals surface area contributed by atoms with Gasteiger partial charge in [-0.1, -0.05) is 6.92 Å². The summed E-state index contributed by atoms with van der Waals surface area (Å²) in [6.45, 7) is 5.39. The van der Waals surface area contributed by atoms with Crippen LogP contribution in [0.4, 0.5) is 11.6 Å². The molecule has 2 rings (SSSR count). The summed E-state index contributed by atoms with van der Waals surface area (Å²) in [5, 5.41) is 12.4. The number of piperidine rings is 1. The summed E-state index contributed by atoms with van der Waals surface area (Å²) in [4.78, 5) is 10.9. The monoisotopic (exact) mass is 264 g/mol. The van der Waals surface area contributed by atoms with Gasteiger partial charge in [-0.15, -0.1) is 0 Å². The molecule has 1 aromatic rings. The summed E-state index contributed by atoms with van der Waals surface area (Å²) < 4.78 is 0. The van der Waals surface area contributed by atoms with Gasteiger partial charge in [-0.2, -0.15) is 0 Å². The van der Waals surface area contributed by atoms with E-state index < -0.39 is 0 Å². The number of aromatic nitrogens is 2. The molecule has 1 unspecified atom stereocenters. The fourth-order valence-electron chi connectivity index (χ4n) is 2.56. The van der Waals surface area contributed by atoms with Crippen LogP contribution in [0, 0.1) is 5.92 Å². The zero-order valence-corrected chi connectivity index (χ0v) is 11.7. The van der Waals surface area contributed by atoms with Crippen LogP contribution >= 0.6 is 0 Å². The van der Waals surface area contributed by atoms with Crippen LogP contribution in [-0.2, 0) is 0 Å². The van der Waals surface area contributed by atoms with E-state index in [1.807, 2.05) is 6.07 Å². The minimum atomic E-state index is 0.283. The first-order chi connectivity index (χ1) is 9.33. The highest BCUT2D eigenvalue weighted by molar-refractivity contribution is 5.48. The van der Waals surface area contributed by atoms with E-state index in [-0.39, 0.29) is 6.61 Å². The van der Waals surface area contributed by atoms with E-state index in [9.17, 15) is 0 Å². The van der Waals surface area contributed by atoms with Crippen molar-refractivity contribution in [3.63, 3.8) is 0 Å². The first-order valence-corrected chi connectivity index (χ1v) is 7.25. The molecule has 0 amide bonds. The van der Waals surface area contributed by atoms with Gasteiger partial charge in [0.1, 0.15) is 18.0 Å². The van der Waals surface area contributed by atoms with Gasteiger partial charge >= 0.3 is 0 Å². The molecule has 2 heterocycles. The number of hydrogen-bond donors (Lipinski definition) is 2. The molecule has 106 valence electrons. The lowest BCUT2D eigenvalue weighted by molar-refractivity contribution is 0.244. The fourth-order valence-corrected chi connectivity index (χ4v) is 2.56. The Morgan fingerprint density at radius 2 is 2.37 bits per heavy atom. The molecule has 0 aliphatic carbocycles. The largest absolute Gasteiger partial charge is 0.396 e. The van der Waals surface area contributed by atoms with Crippen LogP contribution in [0.2, 0.25) is 0 Å². The van der Waals surface area contributed by atoms with Gasteiger partial charge in [0, 0.05) is 32.3 Å². The Bertz CT molecular complexity index is 383. The number of anilines is 2. The first-order valence-electron chi connectivity index (χ1n) is 7.25. The number of hydrogen-bond acceptors (Lipinski definition) is 5. The molecule has 19 heavy (non-hydrogen) atoms. The topological polar surface area (TPSA) is 61.3 Å². The minimum Gasteiger partial charge on any atom is -0.396 e. The predicted molar refractivity (Wildman–Crippen MR) is 77.5 cm³/mol. The molecule has 1 aromatic heterocycles. The Morgan fingerprint density at radius 1 is 1.47 bits per heavy atom. The molecule has 1 aliphatic rings. The van der Waals surface area contributed by atoms with Gasteiger partial charge in [0.15, 0.2) is 0 Å². The van der Waals surface area contributed by atoms with Crippen LogP contribution in [0.25, 0.3) is 0 Å². The van der Waals surface area contributed by atoms with Crippen molar-refractivity contribution in [3.8, 4) is 0 Å². The Labute approximate surface area is 115 Å². The quantitative estimate of drug-likeness (QED) is 0.821. The fraction of sp³-hybridized carbons (Fsp3) is 0.714. The molecule has 2 N–H and O–H groups in total. The van der Waals surface area contributed by atoms with Crippen molar-refractivity contribution in [1.82, 2.24) is 9.97 Å².